The standard InChI is InChI=1S/C14H26N2O4/c1-13(2,3)19-11(17)16(10-8-7-9-15)12(18)20-14(4,5)6/h9,15H,7-8,10H2,1-6H3. The first-order valence-electron chi connectivity index (χ1n) is 6.69. The summed E-state index contributed by atoms with van der Waals surface area (Å²) in [5.74, 6) is 0. The van der Waals surface area contributed by atoms with Crippen molar-refractivity contribution in [3.8, 4) is 0 Å². The Morgan fingerprint density at radius 2 is 1.40 bits per heavy atom. The number of carbonyl (C=O) groups is 2. The summed E-state index contributed by atoms with van der Waals surface area (Å²) < 4.78 is 10.4. The highest BCUT2D eigenvalue weighted by Crippen LogP contribution is 2.15. The Kier molecular flexibility index (Phi) is 6.68. The fourth-order valence-electron chi connectivity index (χ4n) is 1.24. The van der Waals surface area contributed by atoms with Crippen molar-refractivity contribution in [3.63, 3.8) is 0 Å². The molecule has 6 heteroatoms. The van der Waals surface area contributed by atoms with Crippen LogP contribution in [-0.4, -0.2) is 41.0 Å². The largest absolute Gasteiger partial charge is 0.443 e. The zero-order chi connectivity index (χ0) is 16.0. The summed E-state index contributed by atoms with van der Waals surface area (Å²) in [4.78, 5) is 25.0. The van der Waals surface area contributed by atoms with E-state index < -0.39 is 23.4 Å². The van der Waals surface area contributed by atoms with E-state index in [0.29, 0.717) is 12.8 Å². The van der Waals surface area contributed by atoms with Crippen LogP contribution in [-0.2, 0) is 9.47 Å². The van der Waals surface area contributed by atoms with E-state index in [1.165, 1.54) is 6.21 Å². The van der Waals surface area contributed by atoms with Gasteiger partial charge >= 0.3 is 12.2 Å². The van der Waals surface area contributed by atoms with E-state index in [9.17, 15) is 9.59 Å². The second kappa shape index (κ2) is 7.26. The van der Waals surface area contributed by atoms with E-state index >= 15 is 0 Å². The number of amides is 2. The normalized spacial score (nSPS) is 11.7. The molecular weight excluding hydrogens is 260 g/mol. The number of hydrogen-bond acceptors (Lipinski definition) is 5. The fourth-order valence-corrected chi connectivity index (χ4v) is 1.24. The average molecular weight is 286 g/mol. The number of nitrogens with one attached hydrogen (secondary N) is 1. The number of unbranched alkanes of at least 4 members (excludes halogenated alkanes) is 1. The lowest BCUT2D eigenvalue weighted by atomic mass is 10.2. The Morgan fingerprint density at radius 3 is 1.70 bits per heavy atom. The average Bonchev–Trinajstić information content (AvgIpc) is 2.18. The number of carbonyl (C=O) groups excluding carboxylic acids is 2. The third-order valence-corrected chi connectivity index (χ3v) is 1.96. The molecule has 0 radical (unpaired) electrons. The van der Waals surface area contributed by atoms with Crippen LogP contribution in [0.4, 0.5) is 9.59 Å². The summed E-state index contributed by atoms with van der Waals surface area (Å²) >= 11 is 0. The van der Waals surface area contributed by atoms with E-state index in [0.717, 1.165) is 4.90 Å². The highest BCUT2D eigenvalue weighted by molar-refractivity contribution is 5.88. The Morgan fingerprint density at radius 1 is 1.00 bits per heavy atom. The number of ether oxygens (including phenoxy) is 2. The molecule has 0 bridgehead atoms. The predicted molar refractivity (Wildman–Crippen MR) is 77.2 cm³/mol. The molecule has 0 aromatic carbocycles. The van der Waals surface area contributed by atoms with Gasteiger partial charge in [0.1, 0.15) is 11.2 Å². The SMILES string of the molecule is CC(C)(C)OC(=O)N(CCCC=N)C(=O)OC(C)(C)C. The van der Waals surface area contributed by atoms with Crippen LogP contribution in [0.5, 0.6) is 0 Å². The maximum absolute atomic E-state index is 12.0. The van der Waals surface area contributed by atoms with Crippen molar-refractivity contribution in [2.75, 3.05) is 6.54 Å². The quantitative estimate of drug-likeness (QED) is 0.632. The zero-order valence-electron chi connectivity index (χ0n) is 13.3. The first-order chi connectivity index (χ1) is 8.96. The molecule has 0 aliphatic rings. The third kappa shape index (κ3) is 8.50. The van der Waals surface area contributed by atoms with Gasteiger partial charge in [0.05, 0.1) is 0 Å². The Bertz CT molecular complexity index is 325. The molecule has 0 aromatic heterocycles. The molecule has 0 saturated heterocycles. The molecule has 0 aliphatic heterocycles. The van der Waals surface area contributed by atoms with Crippen LogP contribution in [0, 0.1) is 5.41 Å². The second-order valence-corrected chi connectivity index (χ2v) is 6.46. The fraction of sp³-hybridized carbons (Fsp3) is 0.786. The van der Waals surface area contributed by atoms with Gasteiger partial charge < -0.3 is 14.9 Å². The summed E-state index contributed by atoms with van der Waals surface area (Å²) in [5.41, 5.74) is -1.36. The van der Waals surface area contributed by atoms with E-state index in [1.54, 1.807) is 41.5 Å². The van der Waals surface area contributed by atoms with Gasteiger partial charge in [0, 0.05) is 6.54 Å². The molecular formula is C14H26N2O4. The molecule has 6 nitrogen and oxygen atoms in total. The van der Waals surface area contributed by atoms with E-state index in [4.69, 9.17) is 14.9 Å². The number of imide groups is 1. The van der Waals surface area contributed by atoms with Crippen LogP contribution in [0.2, 0.25) is 0 Å². The van der Waals surface area contributed by atoms with Crippen molar-refractivity contribution in [1.29, 1.82) is 5.41 Å². The Balaban J connectivity index is 4.83. The molecule has 0 heterocycles. The molecule has 0 atom stereocenters. The summed E-state index contributed by atoms with van der Waals surface area (Å²) in [5, 5.41) is 6.97. The van der Waals surface area contributed by atoms with Gasteiger partial charge in [-0.05, 0) is 60.6 Å². The highest BCUT2D eigenvalue weighted by atomic mass is 16.6. The molecule has 0 unspecified atom stereocenters. The molecule has 0 spiro atoms. The maximum Gasteiger partial charge on any atom is 0.419 e. The van der Waals surface area contributed by atoms with Crippen molar-refractivity contribution >= 4 is 18.4 Å². The van der Waals surface area contributed by atoms with Gasteiger partial charge in [0.15, 0.2) is 0 Å². The highest BCUT2D eigenvalue weighted by Gasteiger charge is 2.30. The number of nitrogens with zero attached hydrogens (tertiary/aromatic N) is 1. The van der Waals surface area contributed by atoms with Crippen molar-refractivity contribution < 1.29 is 19.1 Å². The minimum absolute atomic E-state index is 0.166. The number of rotatable bonds is 4. The predicted octanol–water partition coefficient (Wildman–Crippen LogP) is 3.59. The Hall–Kier alpha value is -1.59. The van der Waals surface area contributed by atoms with Crippen molar-refractivity contribution in [2.24, 2.45) is 0 Å². The lowest BCUT2D eigenvalue weighted by Gasteiger charge is -2.28. The maximum atomic E-state index is 12.0. The van der Waals surface area contributed by atoms with Crippen LogP contribution in [0.25, 0.3) is 0 Å². The monoisotopic (exact) mass is 286 g/mol. The number of hydrogen-bond donors (Lipinski definition) is 1. The van der Waals surface area contributed by atoms with E-state index in [-0.39, 0.29) is 6.54 Å². The van der Waals surface area contributed by atoms with Gasteiger partial charge in [0.2, 0.25) is 0 Å². The summed E-state index contributed by atoms with van der Waals surface area (Å²) in [7, 11) is 0. The van der Waals surface area contributed by atoms with Gasteiger partial charge in [-0.2, -0.15) is 0 Å². The summed E-state index contributed by atoms with van der Waals surface area (Å²) in [6.07, 6.45) is 0.778. The van der Waals surface area contributed by atoms with Gasteiger partial charge in [-0.3, -0.25) is 0 Å². The van der Waals surface area contributed by atoms with E-state index in [2.05, 4.69) is 0 Å². The molecule has 0 aromatic rings. The van der Waals surface area contributed by atoms with Crippen LogP contribution >= 0.6 is 0 Å². The third-order valence-electron chi connectivity index (χ3n) is 1.96. The van der Waals surface area contributed by atoms with Crippen molar-refractivity contribution in [1.82, 2.24) is 4.90 Å². The lowest BCUT2D eigenvalue weighted by molar-refractivity contribution is 0.00139. The molecule has 0 rings (SSSR count). The van der Waals surface area contributed by atoms with Gasteiger partial charge in [-0.15, -0.1) is 0 Å². The van der Waals surface area contributed by atoms with Crippen LogP contribution < -0.4 is 0 Å². The molecule has 20 heavy (non-hydrogen) atoms. The molecule has 116 valence electrons. The zero-order valence-corrected chi connectivity index (χ0v) is 13.3. The minimum atomic E-state index is -0.725. The van der Waals surface area contributed by atoms with E-state index in [1.807, 2.05) is 0 Å². The topological polar surface area (TPSA) is 79.7 Å². The molecule has 0 fully saturated rings. The smallest absolute Gasteiger partial charge is 0.419 e. The van der Waals surface area contributed by atoms with Crippen LogP contribution in [0.3, 0.4) is 0 Å². The van der Waals surface area contributed by atoms with Crippen molar-refractivity contribution in [2.45, 2.75) is 65.6 Å². The minimum Gasteiger partial charge on any atom is -0.443 e. The molecule has 1 N–H and O–H groups in total. The molecule has 2 amide bonds. The first kappa shape index (κ1) is 18.4. The lowest BCUT2D eigenvalue weighted by Crippen LogP contribution is -2.44. The van der Waals surface area contributed by atoms with Crippen molar-refractivity contribution in [3.05, 3.63) is 0 Å². The Labute approximate surface area is 120 Å². The van der Waals surface area contributed by atoms with Gasteiger partial charge in [0.25, 0.3) is 0 Å². The summed E-state index contributed by atoms with van der Waals surface area (Å²) in [6.45, 7) is 10.6. The molecule has 0 aliphatic carbocycles. The van der Waals surface area contributed by atoms with Crippen LogP contribution in [0.15, 0.2) is 0 Å². The van der Waals surface area contributed by atoms with Gasteiger partial charge in [-0.25, -0.2) is 14.5 Å². The van der Waals surface area contributed by atoms with Gasteiger partial charge in [-0.1, -0.05) is 0 Å². The molecule has 0 saturated carbocycles. The second-order valence-electron chi connectivity index (χ2n) is 6.46. The van der Waals surface area contributed by atoms with Crippen LogP contribution in [0.1, 0.15) is 54.4 Å². The first-order valence-corrected chi connectivity index (χ1v) is 6.69. The summed E-state index contributed by atoms with van der Waals surface area (Å²) in [6, 6.07) is 0.